The lowest BCUT2D eigenvalue weighted by Gasteiger charge is -2.15. The summed E-state index contributed by atoms with van der Waals surface area (Å²) in [6, 6.07) is 5.46. The quantitative estimate of drug-likeness (QED) is 0.782. The molecule has 0 spiro atoms. The third-order valence-corrected chi connectivity index (χ3v) is 3.51. The molecule has 2 N–H and O–H groups in total. The largest absolute Gasteiger partial charge is 0.491 e. The summed E-state index contributed by atoms with van der Waals surface area (Å²) in [6.45, 7) is 1.86. The Kier molecular flexibility index (Phi) is 6.49. The van der Waals surface area contributed by atoms with Crippen molar-refractivity contribution < 1.29 is 17.9 Å². The number of hydrogen-bond donors (Lipinski definition) is 1. The van der Waals surface area contributed by atoms with Crippen molar-refractivity contribution in [2.75, 3.05) is 12.4 Å². The van der Waals surface area contributed by atoms with Gasteiger partial charge in [-0.3, -0.25) is 0 Å². The molecule has 0 heterocycles. The van der Waals surface area contributed by atoms with Crippen LogP contribution >= 0.6 is 27.7 Å². The van der Waals surface area contributed by atoms with Gasteiger partial charge in [0.1, 0.15) is 5.75 Å². The number of para-hydroxylation sites is 1. The van der Waals surface area contributed by atoms with E-state index < -0.39 is 5.51 Å². The molecule has 0 saturated carbocycles. The minimum atomic E-state index is -4.22. The van der Waals surface area contributed by atoms with E-state index in [1.54, 1.807) is 6.07 Å². The van der Waals surface area contributed by atoms with E-state index >= 15 is 0 Å². The first kappa shape index (κ1) is 16.7. The number of halogens is 4. The van der Waals surface area contributed by atoms with Crippen LogP contribution in [0.1, 0.15) is 12.5 Å². The summed E-state index contributed by atoms with van der Waals surface area (Å²) in [5.74, 6) is 0.435. The first-order chi connectivity index (χ1) is 8.79. The minimum absolute atomic E-state index is 0.00125. The molecule has 7 heteroatoms. The summed E-state index contributed by atoms with van der Waals surface area (Å²) >= 11 is 3.25. The average Bonchev–Trinajstić information content (AvgIpc) is 2.25. The molecule has 0 aliphatic carbocycles. The van der Waals surface area contributed by atoms with Crippen LogP contribution in [0.5, 0.6) is 5.75 Å². The van der Waals surface area contributed by atoms with Crippen LogP contribution in [0.4, 0.5) is 13.2 Å². The van der Waals surface area contributed by atoms with Crippen LogP contribution in [0.2, 0.25) is 0 Å². The molecule has 0 aliphatic rings. The Bertz CT molecular complexity index is 412. The second-order valence-electron chi connectivity index (χ2n) is 4.05. The van der Waals surface area contributed by atoms with Crippen molar-refractivity contribution in [3.8, 4) is 5.75 Å². The number of alkyl halides is 3. The Labute approximate surface area is 123 Å². The van der Waals surface area contributed by atoms with Gasteiger partial charge >= 0.3 is 5.51 Å². The van der Waals surface area contributed by atoms with Crippen LogP contribution in [0.15, 0.2) is 22.7 Å². The SMILES string of the molecule is CC(N)Cc1cccc(Br)c1OCCSC(F)(F)F. The van der Waals surface area contributed by atoms with Gasteiger partial charge in [0.25, 0.3) is 0 Å². The zero-order valence-electron chi connectivity index (χ0n) is 10.3. The van der Waals surface area contributed by atoms with E-state index in [1.165, 1.54) is 0 Å². The van der Waals surface area contributed by atoms with Crippen LogP contribution in [0.3, 0.4) is 0 Å². The van der Waals surface area contributed by atoms with Gasteiger partial charge in [0.15, 0.2) is 0 Å². The Morgan fingerprint density at radius 2 is 2.11 bits per heavy atom. The predicted molar refractivity (Wildman–Crippen MR) is 75.5 cm³/mol. The van der Waals surface area contributed by atoms with Crippen LogP contribution in [-0.4, -0.2) is 23.9 Å². The van der Waals surface area contributed by atoms with E-state index in [1.807, 2.05) is 19.1 Å². The standard InChI is InChI=1S/C12H15BrF3NOS/c1-8(17)7-9-3-2-4-10(13)11(9)18-5-6-19-12(14,15)16/h2-4,8H,5-7,17H2,1H3. The lowest BCUT2D eigenvalue weighted by Crippen LogP contribution is -2.18. The van der Waals surface area contributed by atoms with Crippen molar-refractivity contribution in [3.05, 3.63) is 28.2 Å². The third kappa shape index (κ3) is 6.54. The number of rotatable bonds is 6. The molecular formula is C12H15BrF3NOS. The summed E-state index contributed by atoms with van der Waals surface area (Å²) in [7, 11) is 0. The molecule has 0 aliphatic heterocycles. The summed E-state index contributed by atoms with van der Waals surface area (Å²) < 4.78 is 42.1. The van der Waals surface area contributed by atoms with E-state index in [2.05, 4.69) is 15.9 Å². The first-order valence-corrected chi connectivity index (χ1v) is 7.44. The lowest BCUT2D eigenvalue weighted by atomic mass is 10.1. The Morgan fingerprint density at radius 1 is 1.42 bits per heavy atom. The average molecular weight is 358 g/mol. The van der Waals surface area contributed by atoms with Crippen molar-refractivity contribution in [2.45, 2.75) is 24.9 Å². The van der Waals surface area contributed by atoms with Gasteiger partial charge in [-0.25, -0.2) is 0 Å². The number of thioether (sulfide) groups is 1. The molecule has 1 aromatic rings. The van der Waals surface area contributed by atoms with Crippen molar-refractivity contribution in [1.29, 1.82) is 0 Å². The Morgan fingerprint density at radius 3 is 2.68 bits per heavy atom. The molecule has 0 radical (unpaired) electrons. The van der Waals surface area contributed by atoms with E-state index in [0.717, 1.165) is 10.0 Å². The fourth-order valence-corrected chi connectivity index (χ4v) is 2.44. The molecule has 0 fully saturated rings. The van der Waals surface area contributed by atoms with Gasteiger partial charge in [0.05, 0.1) is 11.1 Å². The fourth-order valence-electron chi connectivity index (χ4n) is 1.52. The van der Waals surface area contributed by atoms with Gasteiger partial charge in [-0.1, -0.05) is 12.1 Å². The zero-order chi connectivity index (χ0) is 14.5. The summed E-state index contributed by atoms with van der Waals surface area (Å²) in [6.07, 6.45) is 0.612. The molecule has 1 unspecified atom stereocenters. The number of hydrogen-bond acceptors (Lipinski definition) is 3. The van der Waals surface area contributed by atoms with Crippen molar-refractivity contribution in [2.24, 2.45) is 5.73 Å². The summed E-state index contributed by atoms with van der Waals surface area (Å²) in [5, 5.41) is 0. The summed E-state index contributed by atoms with van der Waals surface area (Å²) in [5.41, 5.74) is 2.41. The van der Waals surface area contributed by atoms with Gasteiger partial charge in [-0.15, -0.1) is 0 Å². The molecule has 0 bridgehead atoms. The van der Waals surface area contributed by atoms with Crippen LogP contribution in [-0.2, 0) is 6.42 Å². The minimum Gasteiger partial charge on any atom is -0.491 e. The van der Waals surface area contributed by atoms with E-state index in [4.69, 9.17) is 10.5 Å². The highest BCUT2D eigenvalue weighted by Gasteiger charge is 2.27. The Balaban J connectivity index is 2.61. The maximum Gasteiger partial charge on any atom is 0.441 e. The molecule has 1 aromatic carbocycles. The molecule has 1 rings (SSSR count). The smallest absolute Gasteiger partial charge is 0.441 e. The molecular weight excluding hydrogens is 343 g/mol. The molecule has 0 amide bonds. The maximum atomic E-state index is 12.0. The molecule has 2 nitrogen and oxygen atoms in total. The first-order valence-electron chi connectivity index (χ1n) is 5.66. The predicted octanol–water partition coefficient (Wildman–Crippen LogP) is 3.97. The molecule has 0 aromatic heterocycles. The van der Waals surface area contributed by atoms with Crippen LogP contribution in [0.25, 0.3) is 0 Å². The monoisotopic (exact) mass is 357 g/mol. The fraction of sp³-hybridized carbons (Fsp3) is 0.500. The molecule has 0 saturated heterocycles. The second-order valence-corrected chi connectivity index (χ2v) is 6.07. The highest BCUT2D eigenvalue weighted by molar-refractivity contribution is 9.10. The molecule has 108 valence electrons. The second kappa shape index (κ2) is 7.40. The highest BCUT2D eigenvalue weighted by atomic mass is 79.9. The highest BCUT2D eigenvalue weighted by Crippen LogP contribution is 2.32. The zero-order valence-corrected chi connectivity index (χ0v) is 12.7. The van der Waals surface area contributed by atoms with Gasteiger partial charge in [-0.2, -0.15) is 13.2 Å². The topological polar surface area (TPSA) is 35.2 Å². The normalized spacial score (nSPS) is 13.4. The third-order valence-electron chi connectivity index (χ3n) is 2.19. The van der Waals surface area contributed by atoms with Crippen molar-refractivity contribution in [1.82, 2.24) is 0 Å². The van der Waals surface area contributed by atoms with E-state index in [-0.39, 0.29) is 30.2 Å². The van der Waals surface area contributed by atoms with E-state index in [0.29, 0.717) is 12.2 Å². The van der Waals surface area contributed by atoms with Crippen molar-refractivity contribution in [3.63, 3.8) is 0 Å². The van der Waals surface area contributed by atoms with Gasteiger partial charge < -0.3 is 10.5 Å². The summed E-state index contributed by atoms with van der Waals surface area (Å²) in [4.78, 5) is 0. The van der Waals surface area contributed by atoms with Gasteiger partial charge in [-0.05, 0) is 52.7 Å². The maximum absolute atomic E-state index is 12.0. The number of ether oxygens (including phenoxy) is 1. The van der Waals surface area contributed by atoms with Crippen LogP contribution < -0.4 is 10.5 Å². The molecule has 1 atom stereocenters. The molecule has 19 heavy (non-hydrogen) atoms. The Hall–Kier alpha value is -0.400. The number of nitrogens with two attached hydrogens (primary N) is 1. The van der Waals surface area contributed by atoms with Crippen molar-refractivity contribution >= 4 is 27.7 Å². The van der Waals surface area contributed by atoms with E-state index in [9.17, 15) is 13.2 Å². The van der Waals surface area contributed by atoms with Crippen LogP contribution in [0, 0.1) is 0 Å². The number of benzene rings is 1. The van der Waals surface area contributed by atoms with Gasteiger partial charge in [0, 0.05) is 11.8 Å². The lowest BCUT2D eigenvalue weighted by molar-refractivity contribution is -0.0329. The van der Waals surface area contributed by atoms with Gasteiger partial charge in [0.2, 0.25) is 0 Å².